The predicted octanol–water partition coefficient (Wildman–Crippen LogP) is 6.69. The molecule has 2 bridgehead atoms. The second kappa shape index (κ2) is 12.0. The molecular formula is C39H64N6O4. The van der Waals surface area contributed by atoms with Crippen molar-refractivity contribution in [3.05, 3.63) is 11.6 Å². The summed E-state index contributed by atoms with van der Waals surface area (Å²) in [5.41, 5.74) is 6.38. The molecule has 10 heteroatoms. The number of nitrogens with zero attached hydrogens (tertiary/aromatic N) is 4. The number of carboxylic acid groups (broad SMARTS) is 1. The lowest BCUT2D eigenvalue weighted by molar-refractivity contribution is -0.254. The number of aromatic nitrogens is 4. The Kier molecular flexibility index (Phi) is 8.67. The summed E-state index contributed by atoms with van der Waals surface area (Å²) in [4.78, 5) is 15.2. The Morgan fingerprint density at radius 3 is 2.45 bits per heavy atom. The molecule has 1 aromatic rings. The van der Waals surface area contributed by atoms with Gasteiger partial charge in [0.25, 0.3) is 5.95 Å². The van der Waals surface area contributed by atoms with Crippen molar-refractivity contribution in [1.29, 1.82) is 0 Å². The molecule has 0 amide bonds. The van der Waals surface area contributed by atoms with E-state index in [-0.39, 0.29) is 50.7 Å². The highest BCUT2D eigenvalue weighted by molar-refractivity contribution is 5.73. The van der Waals surface area contributed by atoms with Crippen molar-refractivity contribution in [1.82, 2.24) is 25.5 Å². The van der Waals surface area contributed by atoms with Gasteiger partial charge in [-0.25, -0.2) is 0 Å². The Hall–Kier alpha value is -2.04. The van der Waals surface area contributed by atoms with Crippen LogP contribution in [0.5, 0.6) is 0 Å². The van der Waals surface area contributed by atoms with E-state index in [1.54, 1.807) is 4.80 Å². The van der Waals surface area contributed by atoms with Crippen molar-refractivity contribution in [2.24, 2.45) is 56.7 Å². The highest BCUT2D eigenvalue weighted by Gasteiger charge is 2.72. The molecule has 1 aromatic heterocycles. The van der Waals surface area contributed by atoms with Gasteiger partial charge < -0.3 is 25.6 Å². The van der Waals surface area contributed by atoms with E-state index in [9.17, 15) is 9.90 Å². The number of anilines is 1. The molecule has 7 rings (SSSR count). The Labute approximate surface area is 294 Å². The lowest BCUT2D eigenvalue weighted by Gasteiger charge is -2.71. The monoisotopic (exact) mass is 680 g/mol. The van der Waals surface area contributed by atoms with Gasteiger partial charge in [0.1, 0.15) is 6.04 Å². The first-order chi connectivity index (χ1) is 23.1. The van der Waals surface area contributed by atoms with E-state index in [1.807, 2.05) is 0 Å². The maximum Gasteiger partial charge on any atom is 0.307 e. The number of aliphatic carboxylic acids is 1. The molecule has 4 saturated carbocycles. The minimum atomic E-state index is -0.620. The standard InChI is InChI=1S/C39H64N6O4/c1-24(2)25(3)34(4)18-19-36(6)26-12-13-29-35(5)21-48-23-39(29,27(26)14-17-37(36,7)30(34)32(46)47)20-28(45-43-33(40)42-44-45)31(35)49-22-38(41-8)15-10-9-11-16-38/h14,24-26,28-31,41H,9-13,15-23H2,1-8H3,(H2,40,43)(H,46,47)/t25-,26+,28-,29+,30-,31+,34-,35?,36-,37+,39+/m1/s1. The van der Waals surface area contributed by atoms with Crippen LogP contribution in [0.4, 0.5) is 5.95 Å². The predicted molar refractivity (Wildman–Crippen MR) is 189 cm³/mol. The van der Waals surface area contributed by atoms with E-state index in [1.165, 1.54) is 24.8 Å². The minimum Gasteiger partial charge on any atom is -0.481 e. The fraction of sp³-hybridized carbons (Fsp3) is 0.897. The summed E-state index contributed by atoms with van der Waals surface area (Å²) in [6.45, 7) is 18.2. The van der Waals surface area contributed by atoms with Crippen molar-refractivity contribution in [3.63, 3.8) is 0 Å². The van der Waals surface area contributed by atoms with Gasteiger partial charge in [0.05, 0.1) is 31.8 Å². The van der Waals surface area contributed by atoms with Crippen LogP contribution < -0.4 is 11.1 Å². The first-order valence-corrected chi connectivity index (χ1v) is 19.5. The molecule has 49 heavy (non-hydrogen) atoms. The average Bonchev–Trinajstić information content (AvgIpc) is 3.50. The molecule has 5 fully saturated rings. The van der Waals surface area contributed by atoms with Crippen LogP contribution in [-0.4, -0.2) is 69.8 Å². The molecule has 274 valence electrons. The minimum absolute atomic E-state index is 0.0239. The van der Waals surface area contributed by atoms with Gasteiger partial charge in [-0.3, -0.25) is 4.79 Å². The Morgan fingerprint density at radius 2 is 1.82 bits per heavy atom. The van der Waals surface area contributed by atoms with Crippen LogP contribution in [0.2, 0.25) is 0 Å². The van der Waals surface area contributed by atoms with E-state index < -0.39 is 11.9 Å². The molecule has 6 aliphatic rings. The molecule has 1 unspecified atom stereocenters. The number of likely N-dealkylation sites (N-methyl/N-ethyl adjacent to an activating group) is 1. The Bertz CT molecular complexity index is 1460. The normalized spacial score (nSPS) is 45.1. The van der Waals surface area contributed by atoms with Gasteiger partial charge in [-0.05, 0) is 104 Å². The molecule has 10 nitrogen and oxygen atoms in total. The van der Waals surface area contributed by atoms with Crippen LogP contribution in [0, 0.1) is 56.7 Å². The van der Waals surface area contributed by atoms with Crippen LogP contribution in [-0.2, 0) is 14.3 Å². The van der Waals surface area contributed by atoms with E-state index in [2.05, 4.69) is 82.3 Å². The largest absolute Gasteiger partial charge is 0.481 e. The summed E-state index contributed by atoms with van der Waals surface area (Å²) in [5.74, 6) is 0.587. The highest BCUT2D eigenvalue weighted by atomic mass is 16.5. The Balaban J connectivity index is 1.29. The number of rotatable bonds is 8. The zero-order valence-electron chi connectivity index (χ0n) is 31.6. The number of nitrogens with two attached hydrogens (primary N) is 1. The van der Waals surface area contributed by atoms with Crippen molar-refractivity contribution in [2.75, 3.05) is 32.6 Å². The molecule has 0 spiro atoms. The number of carboxylic acids is 1. The highest BCUT2D eigenvalue weighted by Crippen LogP contribution is 2.75. The fourth-order valence-corrected chi connectivity index (χ4v) is 13.4. The SMILES string of the molecule is CNC1(CO[C@H]2[C@H](n3nnc(N)n3)C[C@@]34COCC2(C)[C@@H]3CC[C@H]2C4=CC[C@@]3(C)[C@H](C(=O)O)[C@@](C)([C@H](C)C(C)C)CC[C@]23C)CCCCC1. The van der Waals surface area contributed by atoms with E-state index in [4.69, 9.17) is 15.2 Å². The molecule has 0 aromatic carbocycles. The summed E-state index contributed by atoms with van der Waals surface area (Å²) in [6.07, 6.45) is 14.1. The molecule has 11 atom stereocenters. The van der Waals surface area contributed by atoms with Crippen LogP contribution in [0.1, 0.15) is 125 Å². The third kappa shape index (κ3) is 4.95. The summed E-state index contributed by atoms with van der Waals surface area (Å²) in [5, 5.41) is 28.0. The molecule has 1 saturated heterocycles. The third-order valence-electron chi connectivity index (χ3n) is 16.7. The fourth-order valence-electron chi connectivity index (χ4n) is 13.4. The van der Waals surface area contributed by atoms with Crippen LogP contribution >= 0.6 is 0 Å². The van der Waals surface area contributed by atoms with Gasteiger partial charge in [0, 0.05) is 16.4 Å². The number of nitrogen functional groups attached to an aromatic ring is 1. The second-order valence-corrected chi connectivity index (χ2v) is 18.9. The lowest BCUT2D eigenvalue weighted by atomic mass is 9.34. The summed E-state index contributed by atoms with van der Waals surface area (Å²) >= 11 is 0. The number of carbonyl (C=O) groups is 1. The first-order valence-electron chi connectivity index (χ1n) is 19.5. The molecule has 0 radical (unpaired) electrons. The number of tetrazole rings is 1. The molecule has 5 aliphatic carbocycles. The van der Waals surface area contributed by atoms with Crippen LogP contribution in [0.25, 0.3) is 0 Å². The quantitative estimate of drug-likeness (QED) is 0.256. The van der Waals surface area contributed by atoms with Gasteiger partial charge in [-0.15, -0.1) is 5.10 Å². The lowest BCUT2D eigenvalue weighted by Crippen LogP contribution is -2.69. The van der Waals surface area contributed by atoms with Crippen molar-refractivity contribution in [3.8, 4) is 0 Å². The maximum atomic E-state index is 13.5. The molecule has 4 N–H and O–H groups in total. The summed E-state index contributed by atoms with van der Waals surface area (Å²) in [6, 6.07) is -0.137. The smallest absolute Gasteiger partial charge is 0.307 e. The van der Waals surface area contributed by atoms with Crippen molar-refractivity contribution >= 4 is 11.9 Å². The zero-order valence-corrected chi connectivity index (χ0v) is 31.6. The van der Waals surface area contributed by atoms with Gasteiger partial charge >= 0.3 is 5.97 Å². The van der Waals surface area contributed by atoms with Crippen LogP contribution in [0.3, 0.4) is 0 Å². The summed E-state index contributed by atoms with van der Waals surface area (Å²) < 4.78 is 13.9. The number of hydrogen-bond acceptors (Lipinski definition) is 8. The van der Waals surface area contributed by atoms with Crippen molar-refractivity contribution < 1.29 is 19.4 Å². The summed E-state index contributed by atoms with van der Waals surface area (Å²) in [7, 11) is 2.08. The zero-order chi connectivity index (χ0) is 35.2. The number of ether oxygens (including phenoxy) is 2. The van der Waals surface area contributed by atoms with Gasteiger partial charge in [-0.1, -0.05) is 84.5 Å². The third-order valence-corrected chi connectivity index (χ3v) is 16.7. The average molecular weight is 681 g/mol. The van der Waals surface area contributed by atoms with E-state index in [0.717, 1.165) is 51.4 Å². The number of allylic oxidation sites excluding steroid dienone is 1. The van der Waals surface area contributed by atoms with Gasteiger partial charge in [-0.2, -0.15) is 4.80 Å². The van der Waals surface area contributed by atoms with Gasteiger partial charge in [0.15, 0.2) is 0 Å². The number of nitrogens with one attached hydrogen (secondary N) is 1. The maximum absolute atomic E-state index is 13.5. The Morgan fingerprint density at radius 1 is 1.08 bits per heavy atom. The molecular weight excluding hydrogens is 616 g/mol. The molecule has 1 aliphatic heterocycles. The first kappa shape index (κ1) is 35.4. The molecule has 2 heterocycles. The van der Waals surface area contributed by atoms with E-state index in [0.29, 0.717) is 43.5 Å². The van der Waals surface area contributed by atoms with Crippen molar-refractivity contribution in [2.45, 2.75) is 137 Å². The van der Waals surface area contributed by atoms with Crippen LogP contribution in [0.15, 0.2) is 11.6 Å². The number of hydrogen-bond donors (Lipinski definition) is 3. The van der Waals surface area contributed by atoms with Gasteiger partial charge in [0.2, 0.25) is 0 Å². The second-order valence-electron chi connectivity index (χ2n) is 18.9. The van der Waals surface area contributed by atoms with E-state index >= 15 is 0 Å². The number of fused-ring (bicyclic) bond motifs is 3. The topological polar surface area (TPSA) is 137 Å².